The average molecular weight is 604 g/mol. The van der Waals surface area contributed by atoms with Crippen LogP contribution in [0.3, 0.4) is 0 Å². The molecule has 1 saturated carbocycles. The lowest BCUT2D eigenvalue weighted by atomic mass is 9.57. The Morgan fingerprint density at radius 2 is 1.68 bits per heavy atom. The number of carbonyl (C=O) groups excluding carboxylic acids is 4. The van der Waals surface area contributed by atoms with Crippen molar-refractivity contribution in [2.75, 3.05) is 34.2 Å². The van der Waals surface area contributed by atoms with Gasteiger partial charge >= 0.3 is 0 Å². The highest BCUT2D eigenvalue weighted by molar-refractivity contribution is 6.24. The fourth-order valence-electron chi connectivity index (χ4n) is 7.01. The molecule has 4 unspecified atom stereocenters. The summed E-state index contributed by atoms with van der Waals surface area (Å²) in [5.41, 5.74) is 4.56. The van der Waals surface area contributed by atoms with Gasteiger partial charge in [-0.25, -0.2) is 0 Å². The van der Waals surface area contributed by atoms with Gasteiger partial charge in [-0.05, 0) is 74.8 Å². The van der Waals surface area contributed by atoms with Gasteiger partial charge in [0.1, 0.15) is 22.8 Å². The van der Waals surface area contributed by atoms with Crippen LogP contribution in [0.2, 0.25) is 0 Å². The third-order valence-electron chi connectivity index (χ3n) is 9.26. The van der Waals surface area contributed by atoms with Crippen LogP contribution in [0.1, 0.15) is 30.0 Å². The molecule has 0 aromatic heterocycles. The van der Waals surface area contributed by atoms with Gasteiger partial charge in [0, 0.05) is 17.9 Å². The number of nitrogens with two attached hydrogens (primary N) is 1. The Morgan fingerprint density at radius 3 is 2.27 bits per heavy atom. The smallest absolute Gasteiger partial charge is 0.255 e. The van der Waals surface area contributed by atoms with E-state index in [-0.39, 0.29) is 41.9 Å². The number of carbonyl (C=O) groups is 4. The quantitative estimate of drug-likeness (QED) is 0.279. The van der Waals surface area contributed by atoms with Gasteiger partial charge in [0.15, 0.2) is 17.2 Å². The number of likely N-dealkylation sites (N-methyl/N-ethyl adjacent to an activating group) is 2. The minimum absolute atomic E-state index is 0.00805. The summed E-state index contributed by atoms with van der Waals surface area (Å²) in [5, 5.41) is 45.1. The highest BCUT2D eigenvalue weighted by atomic mass is 16.3. The lowest BCUT2D eigenvalue weighted by Crippen LogP contribution is -2.65. The third-order valence-corrected chi connectivity index (χ3v) is 9.26. The number of hydrogen-bond donors (Lipinski definition) is 5. The van der Waals surface area contributed by atoms with Crippen LogP contribution in [0.25, 0.3) is 16.9 Å². The zero-order valence-corrected chi connectivity index (χ0v) is 25.1. The first-order chi connectivity index (χ1) is 20.7. The van der Waals surface area contributed by atoms with Gasteiger partial charge in [0.05, 0.1) is 18.2 Å². The predicted octanol–water partition coefficient (Wildman–Crippen LogP) is 1.69. The number of Topliss-reactive ketones (excluding diaryl/α,β-unsaturated/α-hetero) is 3. The maximum Gasteiger partial charge on any atom is 0.255 e. The first kappa shape index (κ1) is 31.1. The van der Waals surface area contributed by atoms with E-state index in [0.717, 1.165) is 17.7 Å². The van der Waals surface area contributed by atoms with E-state index in [1.54, 1.807) is 20.2 Å². The number of primary amides is 1. The Labute approximate surface area is 254 Å². The third kappa shape index (κ3) is 4.81. The van der Waals surface area contributed by atoms with E-state index in [1.165, 1.54) is 11.0 Å². The van der Waals surface area contributed by atoms with E-state index in [2.05, 4.69) is 0 Å². The Kier molecular flexibility index (Phi) is 8.00. The summed E-state index contributed by atoms with van der Waals surface area (Å²) >= 11 is 0. The number of hydrogen-bond acceptors (Lipinski definition) is 10. The standard InChI is InChI=1S/C33H37N3O8/c1-5-36(4)15-19(37)12-16-6-8-17(9-7-16)20-10-11-23(38)25-21(20)13-18-14-22-27(35(2)3)29(40)26(32(34)43)31(42)33(22,44)30(41)24(18)28(25)39/h6-11,18,22,27,38-39,42,44H,5,12-15H2,1-4H3,(H2,34,43). The van der Waals surface area contributed by atoms with E-state index < -0.39 is 58.0 Å². The number of amides is 1. The number of aliphatic hydroxyl groups excluding tert-OH is 2. The predicted molar refractivity (Wildman–Crippen MR) is 162 cm³/mol. The number of phenols is 1. The fraction of sp³-hybridized carbons (Fsp3) is 0.394. The lowest BCUT2D eigenvalue weighted by Gasteiger charge is -2.50. The number of aliphatic hydroxyl groups is 3. The van der Waals surface area contributed by atoms with E-state index in [0.29, 0.717) is 17.7 Å². The van der Waals surface area contributed by atoms with Crippen molar-refractivity contribution in [2.45, 2.75) is 37.8 Å². The van der Waals surface area contributed by atoms with Crippen LogP contribution in [-0.2, 0) is 32.0 Å². The summed E-state index contributed by atoms with van der Waals surface area (Å²) in [6, 6.07) is 9.39. The maximum atomic E-state index is 14.0. The van der Waals surface area contributed by atoms with E-state index in [4.69, 9.17) is 5.73 Å². The van der Waals surface area contributed by atoms with Crippen LogP contribution in [0.5, 0.6) is 5.75 Å². The van der Waals surface area contributed by atoms with Gasteiger partial charge in [-0.1, -0.05) is 37.3 Å². The molecule has 44 heavy (non-hydrogen) atoms. The average Bonchev–Trinajstić information content (AvgIpc) is 2.95. The molecule has 11 nitrogen and oxygen atoms in total. The summed E-state index contributed by atoms with van der Waals surface area (Å²) in [5.74, 6) is -6.79. The summed E-state index contributed by atoms with van der Waals surface area (Å²) in [7, 11) is 5.00. The van der Waals surface area contributed by atoms with Crippen molar-refractivity contribution < 1.29 is 39.6 Å². The summed E-state index contributed by atoms with van der Waals surface area (Å²) < 4.78 is 0. The second kappa shape index (κ2) is 11.3. The molecule has 5 rings (SSSR count). The molecule has 2 aromatic rings. The molecule has 3 aliphatic rings. The molecule has 0 spiro atoms. The van der Waals surface area contributed by atoms with E-state index in [9.17, 15) is 39.6 Å². The van der Waals surface area contributed by atoms with Crippen molar-refractivity contribution in [2.24, 2.45) is 17.6 Å². The van der Waals surface area contributed by atoms with E-state index in [1.807, 2.05) is 43.1 Å². The Hall–Kier alpha value is -4.32. The van der Waals surface area contributed by atoms with Gasteiger partial charge in [0.25, 0.3) is 5.91 Å². The van der Waals surface area contributed by atoms with Crippen molar-refractivity contribution in [3.63, 3.8) is 0 Å². The van der Waals surface area contributed by atoms with E-state index >= 15 is 0 Å². The maximum absolute atomic E-state index is 14.0. The second-order valence-electron chi connectivity index (χ2n) is 12.2. The largest absolute Gasteiger partial charge is 0.508 e. The molecule has 6 N–H and O–H groups in total. The Bertz CT molecular complexity index is 1640. The van der Waals surface area contributed by atoms with Crippen molar-refractivity contribution in [1.29, 1.82) is 0 Å². The van der Waals surface area contributed by atoms with Gasteiger partial charge < -0.3 is 26.2 Å². The number of phenolic OH excluding ortho intramolecular Hbond substituents is 1. The van der Waals surface area contributed by atoms with Crippen molar-refractivity contribution >= 4 is 29.0 Å². The van der Waals surface area contributed by atoms with Gasteiger partial charge in [-0.2, -0.15) is 0 Å². The first-order valence-corrected chi connectivity index (χ1v) is 14.5. The van der Waals surface area contributed by atoms with Crippen molar-refractivity contribution in [3.8, 4) is 16.9 Å². The number of ketones is 3. The molecule has 232 valence electrons. The molecule has 0 radical (unpaired) electrons. The Balaban J connectivity index is 1.58. The molecule has 0 bridgehead atoms. The van der Waals surface area contributed by atoms with Gasteiger partial charge in [-0.15, -0.1) is 0 Å². The molecule has 4 atom stereocenters. The van der Waals surface area contributed by atoms with Crippen LogP contribution in [0.15, 0.2) is 53.3 Å². The van der Waals surface area contributed by atoms with Crippen LogP contribution in [0.4, 0.5) is 0 Å². The zero-order valence-electron chi connectivity index (χ0n) is 25.1. The van der Waals surface area contributed by atoms with Crippen molar-refractivity contribution in [1.82, 2.24) is 9.80 Å². The zero-order chi connectivity index (χ0) is 32.2. The topological polar surface area (TPSA) is 182 Å². The highest BCUT2D eigenvalue weighted by Crippen LogP contribution is 2.53. The first-order valence-electron chi connectivity index (χ1n) is 14.5. The fourth-order valence-corrected chi connectivity index (χ4v) is 7.01. The molecule has 1 fully saturated rings. The SMILES string of the molecule is CCN(C)CC(=O)Cc1ccc(-c2ccc(O)c3c2CC2CC4C(N(C)C)C(=O)C(C(N)=O)=C(O)C4(O)C(=O)C2=C3O)cc1. The van der Waals surface area contributed by atoms with Gasteiger partial charge in [-0.3, -0.25) is 29.0 Å². The second-order valence-corrected chi connectivity index (χ2v) is 12.2. The van der Waals surface area contributed by atoms with Crippen LogP contribution in [-0.4, -0.2) is 99.4 Å². The summed E-state index contributed by atoms with van der Waals surface area (Å²) in [4.78, 5) is 55.3. The molecule has 11 heteroatoms. The number of nitrogens with zero attached hydrogens (tertiary/aromatic N) is 2. The van der Waals surface area contributed by atoms with Crippen molar-refractivity contribution in [3.05, 3.63) is 70.0 Å². The molecule has 0 heterocycles. The molecule has 2 aromatic carbocycles. The number of aromatic hydroxyl groups is 1. The normalized spacial score (nSPS) is 24.8. The van der Waals surface area contributed by atoms with Crippen LogP contribution < -0.4 is 5.73 Å². The van der Waals surface area contributed by atoms with Gasteiger partial charge in [0.2, 0.25) is 5.78 Å². The lowest BCUT2D eigenvalue weighted by molar-refractivity contribution is -0.153. The molecule has 3 aliphatic carbocycles. The molecular weight excluding hydrogens is 566 g/mol. The highest BCUT2D eigenvalue weighted by Gasteiger charge is 2.64. The number of rotatable bonds is 8. The summed E-state index contributed by atoms with van der Waals surface area (Å²) in [6.07, 6.45) is 0.472. The number of benzene rings is 2. The molecular formula is C33H37N3O8. The van der Waals surface area contributed by atoms with Crippen LogP contribution in [0, 0.1) is 11.8 Å². The number of fused-ring (bicyclic) bond motifs is 3. The van der Waals surface area contributed by atoms with Crippen LogP contribution >= 0.6 is 0 Å². The monoisotopic (exact) mass is 603 g/mol. The molecule has 0 saturated heterocycles. The Morgan fingerprint density at radius 1 is 1.02 bits per heavy atom. The summed E-state index contributed by atoms with van der Waals surface area (Å²) in [6.45, 7) is 3.10. The molecule has 1 amide bonds. The molecule has 0 aliphatic heterocycles. The minimum Gasteiger partial charge on any atom is -0.508 e. The minimum atomic E-state index is -2.68.